The van der Waals surface area contributed by atoms with Crippen molar-refractivity contribution in [1.29, 1.82) is 0 Å². The zero-order valence-corrected chi connectivity index (χ0v) is 22.2. The van der Waals surface area contributed by atoms with Gasteiger partial charge in [-0.15, -0.1) is 0 Å². The number of hydrogen-bond donors (Lipinski definition) is 3. The lowest BCUT2D eigenvalue weighted by molar-refractivity contribution is -0.138. The molecule has 0 aliphatic heterocycles. The standard InChI is InChI=1S/C30H46O4/c1-19(8-7-9-20(17-31)18-32)23-16-26(34)30(6)22-10-11-24-27(2,3)25(33)13-14-28(24,4)21(22)12-15-29(23,30)5/h9-10,12,19,23-24,26,31-32,34H,7-8,11,13-18H2,1-6H3/t19-,23-,24-,26+,28-,29-,30-/m1/s1. The van der Waals surface area contributed by atoms with Gasteiger partial charge in [-0.2, -0.15) is 0 Å². The Morgan fingerprint density at radius 2 is 1.79 bits per heavy atom. The highest BCUT2D eigenvalue weighted by molar-refractivity contribution is 5.86. The summed E-state index contributed by atoms with van der Waals surface area (Å²) >= 11 is 0. The van der Waals surface area contributed by atoms with Crippen LogP contribution in [0.3, 0.4) is 0 Å². The Morgan fingerprint density at radius 3 is 2.44 bits per heavy atom. The first-order chi connectivity index (χ1) is 15.9. The van der Waals surface area contributed by atoms with E-state index in [0.717, 1.165) is 38.5 Å². The van der Waals surface area contributed by atoms with Crippen molar-refractivity contribution in [3.05, 3.63) is 34.9 Å². The molecule has 4 rings (SSSR count). The average Bonchev–Trinajstić information content (AvgIpc) is 3.01. The van der Waals surface area contributed by atoms with Gasteiger partial charge in [-0.05, 0) is 83.8 Å². The third-order valence-corrected chi connectivity index (χ3v) is 11.3. The fourth-order valence-corrected chi connectivity index (χ4v) is 8.68. The summed E-state index contributed by atoms with van der Waals surface area (Å²) in [5, 5.41) is 30.3. The first-order valence-electron chi connectivity index (χ1n) is 13.4. The molecule has 0 spiro atoms. The molecule has 4 aliphatic carbocycles. The molecule has 2 fully saturated rings. The van der Waals surface area contributed by atoms with E-state index < -0.39 is 0 Å². The maximum absolute atomic E-state index is 12.8. The maximum atomic E-state index is 12.8. The summed E-state index contributed by atoms with van der Waals surface area (Å²) in [6.07, 6.45) is 12.5. The van der Waals surface area contributed by atoms with Gasteiger partial charge in [0, 0.05) is 17.3 Å². The number of carbonyl (C=O) groups excluding carboxylic acids is 1. The molecule has 34 heavy (non-hydrogen) atoms. The van der Waals surface area contributed by atoms with E-state index in [9.17, 15) is 20.1 Å². The summed E-state index contributed by atoms with van der Waals surface area (Å²) in [4.78, 5) is 12.8. The number of aliphatic hydroxyl groups is 3. The first-order valence-corrected chi connectivity index (χ1v) is 13.4. The van der Waals surface area contributed by atoms with Crippen LogP contribution < -0.4 is 0 Å². The second-order valence-corrected chi connectivity index (χ2v) is 13.0. The zero-order chi connectivity index (χ0) is 25.1. The van der Waals surface area contributed by atoms with Crippen molar-refractivity contribution in [2.75, 3.05) is 13.2 Å². The van der Waals surface area contributed by atoms with Gasteiger partial charge in [0.15, 0.2) is 0 Å². The highest BCUT2D eigenvalue weighted by Gasteiger charge is 2.66. The van der Waals surface area contributed by atoms with Crippen LogP contribution in [0.4, 0.5) is 0 Å². The molecule has 0 bridgehead atoms. The Balaban J connectivity index is 1.66. The van der Waals surface area contributed by atoms with Crippen molar-refractivity contribution in [2.24, 2.45) is 39.4 Å². The van der Waals surface area contributed by atoms with E-state index in [0.29, 0.717) is 35.5 Å². The van der Waals surface area contributed by atoms with Gasteiger partial charge < -0.3 is 15.3 Å². The van der Waals surface area contributed by atoms with Gasteiger partial charge in [0.1, 0.15) is 5.78 Å². The predicted octanol–water partition coefficient (Wildman–Crippen LogP) is 5.38. The molecule has 4 aliphatic rings. The van der Waals surface area contributed by atoms with E-state index in [1.807, 2.05) is 6.08 Å². The lowest BCUT2D eigenvalue weighted by Crippen LogP contribution is -2.54. The molecule has 0 aromatic rings. The third kappa shape index (κ3) is 3.46. The summed E-state index contributed by atoms with van der Waals surface area (Å²) in [5.41, 5.74) is 2.83. The third-order valence-electron chi connectivity index (χ3n) is 11.3. The van der Waals surface area contributed by atoms with Crippen LogP contribution in [-0.2, 0) is 4.79 Å². The van der Waals surface area contributed by atoms with E-state index in [1.165, 1.54) is 11.1 Å². The molecular weight excluding hydrogens is 424 g/mol. The molecule has 4 nitrogen and oxygen atoms in total. The van der Waals surface area contributed by atoms with Crippen LogP contribution in [0.25, 0.3) is 0 Å². The van der Waals surface area contributed by atoms with Crippen molar-refractivity contribution in [3.63, 3.8) is 0 Å². The summed E-state index contributed by atoms with van der Waals surface area (Å²) in [5.74, 6) is 1.55. The number of hydrogen-bond acceptors (Lipinski definition) is 4. The van der Waals surface area contributed by atoms with Crippen molar-refractivity contribution in [1.82, 2.24) is 0 Å². The number of fused-ring (bicyclic) bond motifs is 5. The van der Waals surface area contributed by atoms with E-state index in [4.69, 9.17) is 0 Å². The van der Waals surface area contributed by atoms with E-state index in [2.05, 4.69) is 53.7 Å². The van der Waals surface area contributed by atoms with Crippen LogP contribution in [-0.4, -0.2) is 40.4 Å². The molecular formula is C30H46O4. The van der Waals surface area contributed by atoms with E-state index in [1.54, 1.807) is 0 Å². The molecule has 0 radical (unpaired) electrons. The summed E-state index contributed by atoms with van der Waals surface area (Å²) in [7, 11) is 0. The smallest absolute Gasteiger partial charge is 0.138 e. The fourth-order valence-electron chi connectivity index (χ4n) is 8.68. The van der Waals surface area contributed by atoms with Crippen molar-refractivity contribution < 1.29 is 20.1 Å². The normalized spacial score (nSPS) is 41.6. The Bertz CT molecular complexity index is 920. The highest BCUT2D eigenvalue weighted by atomic mass is 16.3. The molecule has 0 aromatic heterocycles. The highest BCUT2D eigenvalue weighted by Crippen LogP contribution is 2.71. The minimum Gasteiger partial charge on any atom is -0.392 e. The average molecular weight is 471 g/mol. The quantitative estimate of drug-likeness (QED) is 0.456. The number of ketones is 1. The number of rotatable bonds is 6. The fraction of sp³-hybridized carbons (Fsp3) is 0.767. The number of aliphatic hydroxyl groups excluding tert-OH is 3. The molecule has 2 saturated carbocycles. The van der Waals surface area contributed by atoms with Crippen molar-refractivity contribution in [2.45, 2.75) is 92.6 Å². The Kier molecular flexibility index (Phi) is 6.62. The van der Waals surface area contributed by atoms with Crippen molar-refractivity contribution in [3.8, 4) is 0 Å². The van der Waals surface area contributed by atoms with Crippen LogP contribution in [0.5, 0.6) is 0 Å². The Morgan fingerprint density at radius 1 is 1.12 bits per heavy atom. The second-order valence-electron chi connectivity index (χ2n) is 13.0. The summed E-state index contributed by atoms with van der Waals surface area (Å²) in [6.45, 7) is 13.5. The first kappa shape index (κ1) is 25.9. The van der Waals surface area contributed by atoms with Gasteiger partial charge in [-0.1, -0.05) is 59.8 Å². The Hall–Kier alpha value is -1.23. The largest absolute Gasteiger partial charge is 0.392 e. The second kappa shape index (κ2) is 8.71. The number of Topliss-reactive ketones (excluding diaryl/α,β-unsaturated/α-hetero) is 1. The number of allylic oxidation sites excluding steroid dienone is 4. The molecule has 190 valence electrons. The molecule has 0 aromatic carbocycles. The van der Waals surface area contributed by atoms with Crippen LogP contribution in [0.1, 0.15) is 86.5 Å². The molecule has 0 amide bonds. The topological polar surface area (TPSA) is 77.8 Å². The monoisotopic (exact) mass is 470 g/mol. The minimum atomic E-state index is -0.376. The van der Waals surface area contributed by atoms with Crippen molar-refractivity contribution >= 4 is 5.78 Å². The lowest BCUT2D eigenvalue weighted by atomic mass is 9.44. The lowest BCUT2D eigenvalue weighted by Gasteiger charge is -2.60. The molecule has 3 N–H and O–H groups in total. The van der Waals surface area contributed by atoms with Crippen LogP contribution in [0.2, 0.25) is 0 Å². The minimum absolute atomic E-state index is 0.00889. The van der Waals surface area contributed by atoms with Gasteiger partial charge >= 0.3 is 0 Å². The predicted molar refractivity (Wildman–Crippen MR) is 136 cm³/mol. The van der Waals surface area contributed by atoms with Gasteiger partial charge in [0.25, 0.3) is 0 Å². The zero-order valence-electron chi connectivity index (χ0n) is 22.2. The van der Waals surface area contributed by atoms with E-state index in [-0.39, 0.29) is 41.0 Å². The van der Waals surface area contributed by atoms with Crippen LogP contribution >= 0.6 is 0 Å². The van der Waals surface area contributed by atoms with Gasteiger partial charge in [-0.3, -0.25) is 4.79 Å². The summed E-state index contributed by atoms with van der Waals surface area (Å²) < 4.78 is 0. The Labute approximate surface area is 206 Å². The molecule has 7 atom stereocenters. The van der Waals surface area contributed by atoms with E-state index >= 15 is 0 Å². The van der Waals surface area contributed by atoms with Crippen LogP contribution in [0.15, 0.2) is 34.9 Å². The maximum Gasteiger partial charge on any atom is 0.138 e. The van der Waals surface area contributed by atoms with Gasteiger partial charge in [0.2, 0.25) is 0 Å². The molecule has 0 unspecified atom stereocenters. The molecule has 0 saturated heterocycles. The molecule has 4 heteroatoms. The van der Waals surface area contributed by atoms with Gasteiger partial charge in [-0.25, -0.2) is 0 Å². The molecule has 0 heterocycles. The SMILES string of the molecule is C[C@H](CCC=C(CO)CO)[C@H]1C[C@H](O)[C@@]2(C)C3=CC[C@@H]4C(C)(C)C(=O)CC[C@]4(C)C3=CC[C@]12C. The number of carbonyl (C=O) groups is 1. The van der Waals surface area contributed by atoms with Crippen LogP contribution in [0, 0.1) is 39.4 Å². The van der Waals surface area contributed by atoms with Gasteiger partial charge in [0.05, 0.1) is 19.3 Å². The summed E-state index contributed by atoms with van der Waals surface area (Å²) in [6, 6.07) is 0.